The van der Waals surface area contributed by atoms with E-state index in [9.17, 15) is 9.36 Å². The molecule has 0 fully saturated rings. The molecule has 0 saturated carbocycles. The second-order valence-corrected chi connectivity index (χ2v) is 5.11. The quantitative estimate of drug-likeness (QED) is 0.487. The molecule has 4 nitrogen and oxygen atoms in total. The van der Waals surface area contributed by atoms with Gasteiger partial charge in [0.05, 0.1) is 13.0 Å². The highest BCUT2D eigenvalue weighted by atomic mass is 31.1. The lowest BCUT2D eigenvalue weighted by Gasteiger charge is -2.10. The zero-order valence-corrected chi connectivity index (χ0v) is 10.0. The Morgan fingerprint density at radius 3 is 2.50 bits per heavy atom. The van der Waals surface area contributed by atoms with E-state index in [2.05, 4.69) is 0 Å². The summed E-state index contributed by atoms with van der Waals surface area (Å²) in [5.74, 6) is -0.519. The predicted molar refractivity (Wildman–Crippen MR) is 56.2 cm³/mol. The van der Waals surface area contributed by atoms with Crippen LogP contribution in [0.1, 0.15) is 27.2 Å². The number of rotatable bonds is 7. The highest BCUT2D eigenvalue weighted by Crippen LogP contribution is 2.29. The van der Waals surface area contributed by atoms with Crippen LogP contribution in [0, 0.1) is 0 Å². The Bertz CT molecular complexity index is 193. The topological polar surface area (TPSA) is 52.6 Å². The Labute approximate surface area is 85.8 Å². The molecule has 0 radical (unpaired) electrons. The number of hydrogen-bond acceptors (Lipinski definition) is 4. The third kappa shape index (κ3) is 6.17. The molecule has 0 rings (SSSR count). The molecule has 0 aromatic rings. The molecule has 0 spiro atoms. The van der Waals surface area contributed by atoms with Gasteiger partial charge in [0.15, 0.2) is 0 Å². The van der Waals surface area contributed by atoms with Crippen molar-refractivity contribution in [3.05, 3.63) is 0 Å². The monoisotopic (exact) mass is 222 g/mol. The highest BCUT2D eigenvalue weighted by Gasteiger charge is 2.12. The van der Waals surface area contributed by atoms with E-state index < -0.39 is 7.80 Å². The minimum atomic E-state index is -1.82. The molecule has 84 valence electrons. The third-order valence-corrected chi connectivity index (χ3v) is 3.57. The van der Waals surface area contributed by atoms with Crippen molar-refractivity contribution in [2.75, 3.05) is 19.4 Å². The van der Waals surface area contributed by atoms with Crippen LogP contribution < -0.4 is 0 Å². The molecule has 0 heterocycles. The van der Waals surface area contributed by atoms with E-state index in [1.54, 1.807) is 13.8 Å². The molecule has 0 saturated heterocycles. The van der Waals surface area contributed by atoms with Gasteiger partial charge in [-0.3, -0.25) is 4.79 Å². The van der Waals surface area contributed by atoms with Crippen molar-refractivity contribution >= 4 is 13.8 Å². The van der Waals surface area contributed by atoms with Gasteiger partial charge < -0.3 is 14.0 Å². The first kappa shape index (κ1) is 13.7. The van der Waals surface area contributed by atoms with Crippen molar-refractivity contribution in [3.63, 3.8) is 0 Å². The number of esters is 1. The van der Waals surface area contributed by atoms with E-state index in [4.69, 9.17) is 9.47 Å². The maximum Gasteiger partial charge on any atom is 0.306 e. The molecular weight excluding hydrogens is 203 g/mol. The van der Waals surface area contributed by atoms with Gasteiger partial charge in [0, 0.05) is 12.8 Å². The van der Waals surface area contributed by atoms with Gasteiger partial charge in [0.1, 0.15) is 13.6 Å². The smallest absolute Gasteiger partial charge is 0.306 e. The maximum absolute atomic E-state index is 11.5. The fourth-order valence-electron chi connectivity index (χ4n) is 1.00. The molecule has 14 heavy (non-hydrogen) atoms. The summed E-state index contributed by atoms with van der Waals surface area (Å²) in [5.41, 5.74) is 0. The number of ether oxygens (including phenoxy) is 2. The Kier molecular flexibility index (Phi) is 7.81. The van der Waals surface area contributed by atoms with E-state index in [1.807, 2.05) is 6.92 Å². The van der Waals surface area contributed by atoms with Crippen molar-refractivity contribution < 1.29 is 18.8 Å². The molecule has 0 aromatic carbocycles. The van der Waals surface area contributed by atoms with Crippen LogP contribution in [0.3, 0.4) is 0 Å². The highest BCUT2D eigenvalue weighted by molar-refractivity contribution is 7.45. The third-order valence-electron chi connectivity index (χ3n) is 1.75. The molecule has 0 amide bonds. The molecule has 2 atom stereocenters. The second kappa shape index (κ2) is 8.01. The zero-order valence-electron chi connectivity index (χ0n) is 9.04. The molecule has 0 N–H and O–H groups in total. The van der Waals surface area contributed by atoms with Crippen molar-refractivity contribution in [3.8, 4) is 0 Å². The van der Waals surface area contributed by atoms with Gasteiger partial charge in [0.2, 0.25) is 0 Å². The van der Waals surface area contributed by atoms with Crippen LogP contribution in [0.4, 0.5) is 0 Å². The summed E-state index contributed by atoms with van der Waals surface area (Å²) in [7, 11) is -1.82. The Balaban J connectivity index is 3.67. The lowest BCUT2D eigenvalue weighted by Crippen LogP contribution is -2.08. The predicted octanol–water partition coefficient (Wildman–Crippen LogP) is 1.88. The van der Waals surface area contributed by atoms with Crippen LogP contribution in [0.25, 0.3) is 0 Å². The molecule has 0 aliphatic heterocycles. The summed E-state index contributed by atoms with van der Waals surface area (Å²) in [6, 6.07) is 0. The summed E-state index contributed by atoms with van der Waals surface area (Å²) >= 11 is 0. The second-order valence-electron chi connectivity index (χ2n) is 2.87. The first-order chi connectivity index (χ1) is 6.61. The van der Waals surface area contributed by atoms with Gasteiger partial charge in [-0.05, 0) is 20.8 Å². The van der Waals surface area contributed by atoms with Crippen LogP contribution in [-0.4, -0.2) is 31.2 Å². The Morgan fingerprint density at radius 1 is 1.36 bits per heavy atom. The summed E-state index contributed by atoms with van der Waals surface area (Å²) in [6.07, 6.45) is 0.605. The Morgan fingerprint density at radius 2 is 2.00 bits per heavy atom. The fraction of sp³-hybridized carbons (Fsp3) is 0.889. The average Bonchev–Trinajstić information content (AvgIpc) is 2.15. The van der Waals surface area contributed by atoms with Crippen molar-refractivity contribution in [2.24, 2.45) is 0 Å². The van der Waals surface area contributed by atoms with Crippen LogP contribution in [0.2, 0.25) is 0 Å². The molecule has 0 aliphatic rings. The summed E-state index contributed by atoms with van der Waals surface area (Å²) in [6.45, 7) is 6.31. The van der Waals surface area contributed by atoms with E-state index in [-0.39, 0.29) is 18.2 Å². The van der Waals surface area contributed by atoms with Crippen molar-refractivity contribution in [1.82, 2.24) is 0 Å². The van der Waals surface area contributed by atoms with Crippen molar-refractivity contribution in [1.29, 1.82) is 0 Å². The van der Waals surface area contributed by atoms with Crippen molar-refractivity contribution in [2.45, 2.75) is 33.0 Å². The van der Waals surface area contributed by atoms with Crippen LogP contribution in [-0.2, 0) is 18.8 Å². The molecule has 0 aromatic heterocycles. The molecule has 2 unspecified atom stereocenters. The zero-order chi connectivity index (χ0) is 11.0. The van der Waals surface area contributed by atoms with E-state index >= 15 is 0 Å². The normalized spacial score (nSPS) is 14.8. The van der Waals surface area contributed by atoms with Gasteiger partial charge in [0.25, 0.3) is 0 Å². The first-order valence-corrected chi connectivity index (χ1v) is 6.61. The molecular formula is C9H19O4P. The van der Waals surface area contributed by atoms with Crippen LogP contribution in [0.5, 0.6) is 0 Å². The van der Waals surface area contributed by atoms with Gasteiger partial charge in [-0.15, -0.1) is 0 Å². The van der Waals surface area contributed by atoms with Crippen LogP contribution in [0.15, 0.2) is 0 Å². The minimum absolute atomic E-state index is 0.225. The largest absolute Gasteiger partial charge is 0.466 e. The first-order valence-electron chi connectivity index (χ1n) is 4.91. The average molecular weight is 222 g/mol. The minimum Gasteiger partial charge on any atom is -0.466 e. The molecule has 0 bridgehead atoms. The number of carbonyl (C=O) groups excluding carboxylic acids is 1. The molecule has 0 aliphatic carbocycles. The van der Waals surface area contributed by atoms with Gasteiger partial charge in [-0.2, -0.15) is 0 Å². The number of carbonyl (C=O) groups is 1. The Hall–Kier alpha value is -0.340. The summed E-state index contributed by atoms with van der Waals surface area (Å²) in [4.78, 5) is 10.9. The lowest BCUT2D eigenvalue weighted by atomic mass is 10.5. The number of hydrogen-bond donors (Lipinski definition) is 0. The lowest BCUT2D eigenvalue weighted by molar-refractivity contribution is -0.142. The van der Waals surface area contributed by atoms with Gasteiger partial charge in [-0.1, -0.05) is 0 Å². The molecule has 5 heteroatoms. The fourth-order valence-corrected chi connectivity index (χ4v) is 2.21. The maximum atomic E-state index is 11.5. The van der Waals surface area contributed by atoms with E-state index in [1.165, 1.54) is 0 Å². The summed E-state index contributed by atoms with van der Waals surface area (Å²) < 4.78 is 21.4. The van der Waals surface area contributed by atoms with E-state index in [0.29, 0.717) is 19.4 Å². The van der Waals surface area contributed by atoms with E-state index in [0.717, 1.165) is 0 Å². The standard InChI is InChI=1S/C9H19O4P/c1-4-12-8(3)14(11)7-6-9(10)13-5-2/h8,14H,4-7H2,1-3H3. The van der Waals surface area contributed by atoms with Crippen LogP contribution >= 0.6 is 7.80 Å². The summed E-state index contributed by atoms with van der Waals surface area (Å²) in [5, 5.41) is 0. The van der Waals surface area contributed by atoms with Gasteiger partial charge in [-0.25, -0.2) is 0 Å². The van der Waals surface area contributed by atoms with Gasteiger partial charge >= 0.3 is 5.97 Å². The SMILES string of the molecule is CCOC(=O)CC[PH](=O)C(C)OCC.